The van der Waals surface area contributed by atoms with Crippen molar-refractivity contribution in [3.63, 3.8) is 0 Å². The fraction of sp³-hybridized carbons (Fsp3) is 0.400. The number of ether oxygens (including phenoxy) is 2. The molecule has 0 N–H and O–H groups in total. The topological polar surface area (TPSA) is 113 Å². The van der Waals surface area contributed by atoms with Gasteiger partial charge >= 0.3 is 5.69 Å². The number of rotatable bonds is 8. The summed E-state index contributed by atoms with van der Waals surface area (Å²) in [6.07, 6.45) is 3.61. The molecule has 0 saturated carbocycles. The van der Waals surface area contributed by atoms with E-state index in [-0.39, 0.29) is 12.5 Å². The summed E-state index contributed by atoms with van der Waals surface area (Å²) >= 11 is 1.28. The van der Waals surface area contributed by atoms with E-state index in [1.54, 1.807) is 52.3 Å². The van der Waals surface area contributed by atoms with Gasteiger partial charge in [-0.25, -0.2) is 4.79 Å². The molecule has 0 aliphatic rings. The molecule has 3 heterocycles. The summed E-state index contributed by atoms with van der Waals surface area (Å²) in [5.74, 6) is 0.419. The maximum Gasteiger partial charge on any atom is 0.332 e. The minimum absolute atomic E-state index is 0.305. The van der Waals surface area contributed by atoms with Crippen LogP contribution in [0.1, 0.15) is 18.1 Å². The number of amides is 1. The standard InChI is InChI=1S/C23H26N6O4S.C2H6O/c1-5-26(3)18(30)14-28-20(31)19-15(2)21(29-24-11-12-25-29)34-22(19)27(23(28)32)13-10-16-8-6-7-9-17(16)33-4;1-3-2/h6-9,11-12H,5,10,13-14H2,1-4H3;1-2H3. The second-order valence-corrected chi connectivity index (χ2v) is 9.21. The molecular formula is C25H32N6O5S. The van der Waals surface area contributed by atoms with E-state index >= 15 is 0 Å². The lowest BCUT2D eigenvalue weighted by atomic mass is 10.1. The number of aromatic nitrogens is 5. The number of benzene rings is 1. The molecule has 198 valence electrons. The third-order valence-corrected chi connectivity index (χ3v) is 7.14. The largest absolute Gasteiger partial charge is 0.496 e. The molecule has 0 atom stereocenters. The van der Waals surface area contributed by atoms with Crippen LogP contribution >= 0.6 is 11.3 Å². The summed E-state index contributed by atoms with van der Waals surface area (Å²) in [4.78, 5) is 43.0. The zero-order chi connectivity index (χ0) is 27.1. The Morgan fingerprint density at radius 1 is 1.08 bits per heavy atom. The molecular weight excluding hydrogens is 496 g/mol. The minimum Gasteiger partial charge on any atom is -0.496 e. The molecule has 0 unspecified atom stereocenters. The predicted molar refractivity (Wildman–Crippen MR) is 143 cm³/mol. The first-order valence-corrected chi connectivity index (χ1v) is 12.5. The average molecular weight is 529 g/mol. The molecule has 12 heteroatoms. The molecule has 3 aromatic heterocycles. The summed E-state index contributed by atoms with van der Waals surface area (Å²) in [5.41, 5.74) is 0.592. The Morgan fingerprint density at radius 2 is 1.73 bits per heavy atom. The molecule has 1 aromatic carbocycles. The van der Waals surface area contributed by atoms with E-state index < -0.39 is 11.2 Å². The van der Waals surface area contributed by atoms with Crippen molar-refractivity contribution < 1.29 is 14.3 Å². The average Bonchev–Trinajstić information content (AvgIpc) is 3.54. The van der Waals surface area contributed by atoms with E-state index in [1.807, 2.05) is 31.2 Å². The lowest BCUT2D eigenvalue weighted by molar-refractivity contribution is -0.130. The van der Waals surface area contributed by atoms with Gasteiger partial charge in [-0.1, -0.05) is 29.5 Å². The van der Waals surface area contributed by atoms with Crippen LogP contribution in [0.25, 0.3) is 15.2 Å². The van der Waals surface area contributed by atoms with Crippen LogP contribution in [0.2, 0.25) is 0 Å². The Kier molecular flexibility index (Phi) is 9.36. The van der Waals surface area contributed by atoms with Crippen molar-refractivity contribution in [1.82, 2.24) is 29.0 Å². The van der Waals surface area contributed by atoms with Crippen molar-refractivity contribution in [3.05, 3.63) is 68.6 Å². The van der Waals surface area contributed by atoms with Gasteiger partial charge in [-0.15, -0.1) is 4.80 Å². The highest BCUT2D eigenvalue weighted by Crippen LogP contribution is 2.30. The number of para-hydroxylation sites is 1. The van der Waals surface area contributed by atoms with Crippen LogP contribution in [-0.4, -0.2) is 69.9 Å². The first kappa shape index (κ1) is 27.8. The van der Waals surface area contributed by atoms with Crippen LogP contribution < -0.4 is 16.0 Å². The van der Waals surface area contributed by atoms with Gasteiger partial charge < -0.3 is 14.4 Å². The highest BCUT2D eigenvalue weighted by molar-refractivity contribution is 7.21. The normalized spacial score (nSPS) is 10.8. The van der Waals surface area contributed by atoms with Gasteiger partial charge in [-0.2, -0.15) is 10.2 Å². The fourth-order valence-corrected chi connectivity index (χ4v) is 5.04. The summed E-state index contributed by atoms with van der Waals surface area (Å²) in [6, 6.07) is 7.60. The van der Waals surface area contributed by atoms with Crippen molar-refractivity contribution in [2.24, 2.45) is 0 Å². The maximum atomic E-state index is 13.5. The first-order chi connectivity index (χ1) is 17.8. The van der Waals surface area contributed by atoms with Gasteiger partial charge in [0.2, 0.25) is 5.91 Å². The van der Waals surface area contributed by atoms with Gasteiger partial charge in [-0.05, 0) is 31.9 Å². The predicted octanol–water partition coefficient (Wildman–Crippen LogP) is 2.11. The van der Waals surface area contributed by atoms with E-state index in [4.69, 9.17) is 4.74 Å². The lowest BCUT2D eigenvalue weighted by Crippen LogP contribution is -2.44. The zero-order valence-electron chi connectivity index (χ0n) is 21.9. The molecule has 4 rings (SSSR count). The van der Waals surface area contributed by atoms with E-state index in [2.05, 4.69) is 14.9 Å². The van der Waals surface area contributed by atoms with Crippen LogP contribution in [0.15, 0.2) is 46.2 Å². The lowest BCUT2D eigenvalue weighted by Gasteiger charge is -2.17. The number of hydrogen-bond donors (Lipinski definition) is 0. The van der Waals surface area contributed by atoms with Crippen LogP contribution in [0, 0.1) is 6.92 Å². The van der Waals surface area contributed by atoms with E-state index in [9.17, 15) is 14.4 Å². The Bertz CT molecular complexity index is 1470. The Morgan fingerprint density at radius 3 is 2.35 bits per heavy atom. The van der Waals surface area contributed by atoms with Gasteiger partial charge in [0.05, 0.1) is 24.9 Å². The summed E-state index contributed by atoms with van der Waals surface area (Å²) in [7, 11) is 6.49. The molecule has 0 spiro atoms. The minimum atomic E-state index is -0.522. The van der Waals surface area contributed by atoms with Gasteiger partial charge in [0.15, 0.2) is 0 Å². The molecule has 0 aliphatic carbocycles. The third kappa shape index (κ3) is 5.81. The monoisotopic (exact) mass is 528 g/mol. The maximum absolute atomic E-state index is 13.5. The van der Waals surface area contributed by atoms with Crippen molar-refractivity contribution in [1.29, 1.82) is 0 Å². The number of thiophene rings is 1. The molecule has 4 aromatic rings. The molecule has 37 heavy (non-hydrogen) atoms. The smallest absolute Gasteiger partial charge is 0.332 e. The quantitative estimate of drug-likeness (QED) is 0.344. The van der Waals surface area contributed by atoms with Gasteiger partial charge in [0, 0.05) is 39.9 Å². The van der Waals surface area contributed by atoms with Crippen molar-refractivity contribution in [2.45, 2.75) is 33.4 Å². The number of nitrogens with zero attached hydrogens (tertiary/aromatic N) is 6. The van der Waals surface area contributed by atoms with Gasteiger partial charge in [0.25, 0.3) is 5.56 Å². The van der Waals surface area contributed by atoms with Crippen molar-refractivity contribution in [3.8, 4) is 10.8 Å². The molecule has 1 amide bonds. The SMILES string of the molecule is CCN(C)C(=O)Cn1c(=O)c2c(C)c(-n3nccn3)sc2n(CCc2ccccc2OC)c1=O.COC. The fourth-order valence-electron chi connectivity index (χ4n) is 3.80. The molecule has 0 bridgehead atoms. The first-order valence-electron chi connectivity index (χ1n) is 11.7. The third-order valence-electron chi connectivity index (χ3n) is 5.86. The van der Waals surface area contributed by atoms with E-state index in [0.29, 0.717) is 40.3 Å². The summed E-state index contributed by atoms with van der Waals surface area (Å²) < 4.78 is 12.3. The van der Waals surface area contributed by atoms with Crippen molar-refractivity contribution >= 4 is 27.5 Å². The van der Waals surface area contributed by atoms with Gasteiger partial charge in [0.1, 0.15) is 22.1 Å². The number of fused-ring (bicyclic) bond motifs is 1. The Balaban J connectivity index is 0.00000121. The molecule has 0 aliphatic heterocycles. The number of carbonyl (C=O) groups is 1. The number of likely N-dealkylation sites (N-methyl/N-ethyl adjacent to an activating group) is 1. The van der Waals surface area contributed by atoms with Crippen LogP contribution in [0.5, 0.6) is 5.75 Å². The van der Waals surface area contributed by atoms with Crippen LogP contribution in [0.3, 0.4) is 0 Å². The van der Waals surface area contributed by atoms with Crippen molar-refractivity contribution in [2.75, 3.05) is 34.9 Å². The van der Waals surface area contributed by atoms with E-state index in [1.165, 1.54) is 21.0 Å². The highest BCUT2D eigenvalue weighted by atomic mass is 32.1. The number of aryl methyl sites for hydroxylation is 3. The van der Waals surface area contributed by atoms with Crippen LogP contribution in [0.4, 0.5) is 0 Å². The second kappa shape index (κ2) is 12.5. The second-order valence-electron chi connectivity index (χ2n) is 8.23. The Hall–Kier alpha value is -3.77. The number of carbonyl (C=O) groups excluding carboxylic acids is 1. The van der Waals surface area contributed by atoms with E-state index in [0.717, 1.165) is 15.9 Å². The zero-order valence-corrected chi connectivity index (χ0v) is 22.7. The molecule has 0 radical (unpaired) electrons. The highest BCUT2D eigenvalue weighted by Gasteiger charge is 2.23. The molecule has 0 fully saturated rings. The summed E-state index contributed by atoms with van der Waals surface area (Å²) in [5, 5.41) is 9.42. The number of methoxy groups -OCH3 is 2. The molecule has 0 saturated heterocycles. The Labute approximate surface area is 218 Å². The molecule has 11 nitrogen and oxygen atoms in total. The van der Waals surface area contributed by atoms with Gasteiger partial charge in [-0.3, -0.25) is 18.7 Å². The number of hydrogen-bond acceptors (Lipinski definition) is 8. The van der Waals surface area contributed by atoms with Crippen LogP contribution in [-0.2, 0) is 29.0 Å². The summed E-state index contributed by atoms with van der Waals surface area (Å²) in [6.45, 7) is 4.10.